The van der Waals surface area contributed by atoms with E-state index in [1.54, 1.807) is 23.9 Å². The number of aromatic nitrogens is 2. The SMILES string of the molecule is CCS(=O)(=O)CCn1ccc(NC(=O)CCC2CCNCC2)n1. The van der Waals surface area contributed by atoms with Gasteiger partial charge in [0.2, 0.25) is 5.91 Å². The molecular formula is C15H26N4O3S. The van der Waals surface area contributed by atoms with Gasteiger partial charge in [0.15, 0.2) is 15.7 Å². The molecule has 0 spiro atoms. The van der Waals surface area contributed by atoms with Gasteiger partial charge in [-0.2, -0.15) is 5.10 Å². The second-order valence-electron chi connectivity index (χ2n) is 5.98. The minimum atomic E-state index is -3.01. The number of hydrogen-bond donors (Lipinski definition) is 2. The highest BCUT2D eigenvalue weighted by Crippen LogP contribution is 2.18. The summed E-state index contributed by atoms with van der Waals surface area (Å²) in [6, 6.07) is 1.70. The van der Waals surface area contributed by atoms with Crippen molar-refractivity contribution in [2.75, 3.05) is 29.9 Å². The zero-order chi connectivity index (χ0) is 16.7. The van der Waals surface area contributed by atoms with E-state index in [0.717, 1.165) is 32.4 Å². The molecule has 23 heavy (non-hydrogen) atoms. The summed E-state index contributed by atoms with van der Waals surface area (Å²) in [5.74, 6) is 1.27. The Morgan fingerprint density at radius 2 is 2.17 bits per heavy atom. The minimum absolute atomic E-state index is 0.0324. The summed E-state index contributed by atoms with van der Waals surface area (Å²) in [5.41, 5.74) is 0. The lowest BCUT2D eigenvalue weighted by Gasteiger charge is -2.21. The second kappa shape index (κ2) is 8.44. The van der Waals surface area contributed by atoms with Crippen molar-refractivity contribution in [2.45, 2.75) is 39.2 Å². The van der Waals surface area contributed by atoms with Crippen LogP contribution in [0.5, 0.6) is 0 Å². The Balaban J connectivity index is 1.73. The number of carbonyl (C=O) groups excluding carboxylic acids is 1. The molecule has 7 nitrogen and oxygen atoms in total. The van der Waals surface area contributed by atoms with Gasteiger partial charge in [-0.05, 0) is 38.3 Å². The van der Waals surface area contributed by atoms with Crippen LogP contribution in [0, 0.1) is 5.92 Å². The molecule has 0 bridgehead atoms. The van der Waals surface area contributed by atoms with Gasteiger partial charge in [-0.15, -0.1) is 0 Å². The Kier molecular flexibility index (Phi) is 6.59. The molecule has 2 rings (SSSR count). The predicted molar refractivity (Wildman–Crippen MR) is 90.0 cm³/mol. The third-order valence-corrected chi connectivity index (χ3v) is 5.90. The molecule has 1 saturated heterocycles. The monoisotopic (exact) mass is 342 g/mol. The third kappa shape index (κ3) is 6.31. The maximum absolute atomic E-state index is 12.0. The van der Waals surface area contributed by atoms with E-state index in [0.29, 0.717) is 24.7 Å². The molecule has 0 aliphatic carbocycles. The van der Waals surface area contributed by atoms with Crippen molar-refractivity contribution in [2.24, 2.45) is 5.92 Å². The van der Waals surface area contributed by atoms with Gasteiger partial charge in [0, 0.05) is 24.4 Å². The van der Waals surface area contributed by atoms with Crippen molar-refractivity contribution >= 4 is 21.6 Å². The maximum atomic E-state index is 12.0. The topological polar surface area (TPSA) is 93.1 Å². The van der Waals surface area contributed by atoms with Crippen LogP contribution in [0.15, 0.2) is 12.3 Å². The fourth-order valence-corrected chi connectivity index (χ4v) is 3.39. The highest BCUT2D eigenvalue weighted by molar-refractivity contribution is 7.91. The van der Waals surface area contributed by atoms with Gasteiger partial charge >= 0.3 is 0 Å². The van der Waals surface area contributed by atoms with Gasteiger partial charge in [-0.25, -0.2) is 8.42 Å². The third-order valence-electron chi connectivity index (χ3n) is 4.22. The van der Waals surface area contributed by atoms with Crippen LogP contribution in [0.3, 0.4) is 0 Å². The fourth-order valence-electron chi connectivity index (χ4n) is 2.64. The standard InChI is InChI=1S/C15H26N4O3S/c1-2-23(21,22)12-11-19-10-7-14(18-19)17-15(20)4-3-13-5-8-16-9-6-13/h7,10,13,16H,2-6,8-9,11-12H2,1H3,(H,17,18,20). The first kappa shape index (κ1) is 17.9. The molecule has 1 aromatic rings. The fraction of sp³-hybridized carbons (Fsp3) is 0.733. The molecule has 1 fully saturated rings. The number of hydrogen-bond acceptors (Lipinski definition) is 5. The van der Waals surface area contributed by atoms with E-state index in [9.17, 15) is 13.2 Å². The molecule has 130 valence electrons. The van der Waals surface area contributed by atoms with Crippen LogP contribution in [0.4, 0.5) is 5.82 Å². The lowest BCUT2D eigenvalue weighted by molar-refractivity contribution is -0.116. The highest BCUT2D eigenvalue weighted by atomic mass is 32.2. The summed E-state index contributed by atoms with van der Waals surface area (Å²) in [7, 11) is -3.01. The van der Waals surface area contributed by atoms with Crippen LogP contribution < -0.4 is 10.6 Å². The Morgan fingerprint density at radius 3 is 2.87 bits per heavy atom. The Hall–Kier alpha value is -1.41. The van der Waals surface area contributed by atoms with Gasteiger partial charge in [0.05, 0.1) is 12.3 Å². The number of amides is 1. The predicted octanol–water partition coefficient (Wildman–Crippen LogP) is 1.04. The summed E-state index contributed by atoms with van der Waals surface area (Å²) >= 11 is 0. The smallest absolute Gasteiger partial charge is 0.225 e. The van der Waals surface area contributed by atoms with Crippen molar-refractivity contribution in [3.63, 3.8) is 0 Å². The van der Waals surface area contributed by atoms with E-state index in [-0.39, 0.29) is 17.4 Å². The van der Waals surface area contributed by atoms with Crippen LogP contribution >= 0.6 is 0 Å². The normalized spacial score (nSPS) is 16.4. The van der Waals surface area contributed by atoms with Crippen molar-refractivity contribution in [1.29, 1.82) is 0 Å². The first-order valence-electron chi connectivity index (χ1n) is 8.23. The highest BCUT2D eigenvalue weighted by Gasteiger charge is 2.15. The Bertz CT molecular complexity index is 606. The molecule has 0 unspecified atom stereocenters. The molecule has 1 aliphatic heterocycles. The van der Waals surface area contributed by atoms with Crippen LogP contribution in [0.1, 0.15) is 32.6 Å². The van der Waals surface area contributed by atoms with Crippen molar-refractivity contribution in [1.82, 2.24) is 15.1 Å². The zero-order valence-corrected chi connectivity index (χ0v) is 14.4. The average Bonchev–Trinajstić information content (AvgIpc) is 3.00. The van der Waals surface area contributed by atoms with Gasteiger partial charge in [-0.3, -0.25) is 9.48 Å². The lowest BCUT2D eigenvalue weighted by atomic mass is 9.93. The van der Waals surface area contributed by atoms with E-state index in [1.165, 1.54) is 0 Å². The van der Waals surface area contributed by atoms with Gasteiger partial charge < -0.3 is 10.6 Å². The minimum Gasteiger partial charge on any atom is -0.317 e. The summed E-state index contributed by atoms with van der Waals surface area (Å²) < 4.78 is 24.5. The Morgan fingerprint density at radius 1 is 1.43 bits per heavy atom. The van der Waals surface area contributed by atoms with Crippen molar-refractivity contribution in [3.8, 4) is 0 Å². The van der Waals surface area contributed by atoms with Gasteiger partial charge in [0.25, 0.3) is 0 Å². The first-order chi connectivity index (χ1) is 11.0. The molecule has 0 radical (unpaired) electrons. The Labute approximate surface area is 137 Å². The van der Waals surface area contributed by atoms with Crippen LogP contribution in [-0.4, -0.2) is 48.7 Å². The molecule has 1 aliphatic rings. The number of carbonyl (C=O) groups is 1. The van der Waals surface area contributed by atoms with E-state index in [2.05, 4.69) is 15.7 Å². The van der Waals surface area contributed by atoms with Crippen LogP contribution in [0.25, 0.3) is 0 Å². The summed E-state index contributed by atoms with van der Waals surface area (Å²) in [5, 5.41) is 10.3. The second-order valence-corrected chi connectivity index (χ2v) is 8.45. The molecule has 1 amide bonds. The lowest BCUT2D eigenvalue weighted by Crippen LogP contribution is -2.28. The largest absolute Gasteiger partial charge is 0.317 e. The average molecular weight is 342 g/mol. The van der Waals surface area contributed by atoms with Crippen LogP contribution in [0.2, 0.25) is 0 Å². The van der Waals surface area contributed by atoms with Crippen molar-refractivity contribution < 1.29 is 13.2 Å². The maximum Gasteiger partial charge on any atom is 0.225 e. The summed E-state index contributed by atoms with van der Waals surface area (Å²) in [4.78, 5) is 12.0. The van der Waals surface area contributed by atoms with Gasteiger partial charge in [-0.1, -0.05) is 6.92 Å². The molecular weight excluding hydrogens is 316 g/mol. The quantitative estimate of drug-likeness (QED) is 0.736. The molecule has 2 heterocycles. The van der Waals surface area contributed by atoms with Gasteiger partial charge in [0.1, 0.15) is 0 Å². The van der Waals surface area contributed by atoms with E-state index < -0.39 is 9.84 Å². The summed E-state index contributed by atoms with van der Waals surface area (Å²) in [6.07, 6.45) is 5.36. The van der Waals surface area contributed by atoms with Crippen molar-refractivity contribution in [3.05, 3.63) is 12.3 Å². The number of aryl methyl sites for hydroxylation is 1. The van der Waals surface area contributed by atoms with E-state index >= 15 is 0 Å². The zero-order valence-electron chi connectivity index (χ0n) is 13.6. The number of rotatable bonds is 8. The molecule has 0 saturated carbocycles. The molecule has 0 aromatic carbocycles. The number of nitrogens with one attached hydrogen (secondary N) is 2. The van der Waals surface area contributed by atoms with E-state index in [4.69, 9.17) is 0 Å². The number of nitrogens with zero attached hydrogens (tertiary/aromatic N) is 2. The number of anilines is 1. The molecule has 8 heteroatoms. The molecule has 2 N–H and O–H groups in total. The molecule has 1 aromatic heterocycles. The number of piperidine rings is 1. The van der Waals surface area contributed by atoms with E-state index in [1.807, 2.05) is 0 Å². The van der Waals surface area contributed by atoms with Crippen LogP contribution in [-0.2, 0) is 21.2 Å². The molecule has 0 atom stereocenters. The first-order valence-corrected chi connectivity index (χ1v) is 10.0. The number of sulfone groups is 1. The summed E-state index contributed by atoms with van der Waals surface area (Å²) in [6.45, 7) is 4.02.